The van der Waals surface area contributed by atoms with Crippen LogP contribution < -0.4 is 15.0 Å². The van der Waals surface area contributed by atoms with Crippen LogP contribution in [0.1, 0.15) is 18.4 Å². The molecule has 2 N–H and O–H groups in total. The lowest BCUT2D eigenvalue weighted by Crippen LogP contribution is -2.41. The van der Waals surface area contributed by atoms with Crippen molar-refractivity contribution < 1.29 is 19.4 Å². The highest BCUT2D eigenvalue weighted by molar-refractivity contribution is 5.79. The third kappa shape index (κ3) is 5.67. The van der Waals surface area contributed by atoms with Gasteiger partial charge in [-0.05, 0) is 37.0 Å². The lowest BCUT2D eigenvalue weighted by Gasteiger charge is -2.31. The summed E-state index contributed by atoms with van der Waals surface area (Å²) in [6, 6.07) is 7.23. The molecule has 1 aromatic heterocycles. The average molecular weight is 384 g/mol. The van der Waals surface area contributed by atoms with E-state index in [-0.39, 0.29) is 18.4 Å². The molecule has 8 heteroatoms. The molecule has 0 atom stereocenters. The number of carboxylic acids is 1. The van der Waals surface area contributed by atoms with Gasteiger partial charge in [-0.2, -0.15) is 0 Å². The number of aromatic nitrogens is 2. The number of piperidine rings is 1. The first-order valence-corrected chi connectivity index (χ1v) is 9.34. The molecule has 148 valence electrons. The summed E-state index contributed by atoms with van der Waals surface area (Å²) in [5.74, 6) is 0.497. The van der Waals surface area contributed by atoms with Gasteiger partial charge in [0.2, 0.25) is 5.91 Å². The molecule has 2 aromatic rings. The zero-order valence-electron chi connectivity index (χ0n) is 15.6. The summed E-state index contributed by atoms with van der Waals surface area (Å²) >= 11 is 0. The lowest BCUT2D eigenvalue weighted by molar-refractivity contribution is -0.139. The van der Waals surface area contributed by atoms with Gasteiger partial charge in [-0.1, -0.05) is 12.1 Å². The van der Waals surface area contributed by atoms with E-state index in [0.717, 1.165) is 37.3 Å². The first-order chi connectivity index (χ1) is 13.6. The average Bonchev–Trinajstić information content (AvgIpc) is 2.74. The Morgan fingerprint density at radius 2 is 1.93 bits per heavy atom. The number of carbonyl (C=O) groups excluding carboxylic acids is 1. The zero-order chi connectivity index (χ0) is 19.8. The van der Waals surface area contributed by atoms with Crippen LogP contribution in [0.2, 0.25) is 0 Å². The number of nitrogens with zero attached hydrogens (tertiary/aromatic N) is 3. The van der Waals surface area contributed by atoms with Gasteiger partial charge in [0.05, 0.1) is 6.20 Å². The third-order valence-electron chi connectivity index (χ3n) is 4.74. The number of carboxylic acid groups (broad SMARTS) is 1. The van der Waals surface area contributed by atoms with Gasteiger partial charge in [0.25, 0.3) is 0 Å². The predicted octanol–water partition coefficient (Wildman–Crippen LogP) is 1.52. The molecule has 1 saturated heterocycles. The maximum atomic E-state index is 12.4. The summed E-state index contributed by atoms with van der Waals surface area (Å²) in [6.45, 7) is 1.81. The normalized spacial score (nSPS) is 14.5. The molecule has 2 heterocycles. The Kier molecular flexibility index (Phi) is 6.78. The second-order valence-corrected chi connectivity index (χ2v) is 6.69. The number of hydrogen-bond acceptors (Lipinski definition) is 6. The van der Waals surface area contributed by atoms with Crippen molar-refractivity contribution in [3.8, 4) is 5.75 Å². The van der Waals surface area contributed by atoms with Crippen molar-refractivity contribution in [3.63, 3.8) is 0 Å². The van der Waals surface area contributed by atoms with E-state index >= 15 is 0 Å². The van der Waals surface area contributed by atoms with Gasteiger partial charge in [0.15, 0.2) is 6.61 Å². The summed E-state index contributed by atoms with van der Waals surface area (Å²) in [5, 5.41) is 11.6. The topological polar surface area (TPSA) is 105 Å². The van der Waals surface area contributed by atoms with Crippen LogP contribution in [0.5, 0.6) is 5.75 Å². The third-order valence-corrected chi connectivity index (χ3v) is 4.74. The highest BCUT2D eigenvalue weighted by atomic mass is 16.5. The maximum Gasteiger partial charge on any atom is 0.341 e. The summed E-state index contributed by atoms with van der Waals surface area (Å²) in [7, 11) is 0. The van der Waals surface area contributed by atoms with Crippen LogP contribution in [0.15, 0.2) is 42.9 Å². The van der Waals surface area contributed by atoms with Crippen LogP contribution in [-0.2, 0) is 16.0 Å². The van der Waals surface area contributed by atoms with Crippen molar-refractivity contribution in [2.45, 2.75) is 19.3 Å². The molecule has 1 amide bonds. The van der Waals surface area contributed by atoms with E-state index < -0.39 is 5.97 Å². The molecule has 28 heavy (non-hydrogen) atoms. The molecule has 3 rings (SSSR count). The molecule has 0 unspecified atom stereocenters. The molecular formula is C20H24N4O4. The fourth-order valence-corrected chi connectivity index (χ4v) is 3.20. The van der Waals surface area contributed by atoms with Gasteiger partial charge in [-0.3, -0.25) is 9.78 Å². The second kappa shape index (κ2) is 9.68. The van der Waals surface area contributed by atoms with Crippen molar-refractivity contribution in [1.29, 1.82) is 0 Å². The van der Waals surface area contributed by atoms with E-state index in [4.69, 9.17) is 9.84 Å². The SMILES string of the molecule is O=C(O)COc1ccc(CCNC(=O)C2CCN(c3cnccn3)CC2)cc1. The number of ether oxygens (including phenoxy) is 1. The van der Waals surface area contributed by atoms with Crippen molar-refractivity contribution in [2.24, 2.45) is 5.92 Å². The monoisotopic (exact) mass is 384 g/mol. The maximum absolute atomic E-state index is 12.4. The first-order valence-electron chi connectivity index (χ1n) is 9.34. The minimum atomic E-state index is -1.01. The van der Waals surface area contributed by atoms with Crippen LogP contribution in [-0.4, -0.2) is 53.2 Å². The van der Waals surface area contributed by atoms with E-state index in [9.17, 15) is 9.59 Å². The molecule has 1 aromatic carbocycles. The van der Waals surface area contributed by atoms with Crippen molar-refractivity contribution >= 4 is 17.7 Å². The predicted molar refractivity (Wildman–Crippen MR) is 103 cm³/mol. The number of benzene rings is 1. The molecule has 8 nitrogen and oxygen atoms in total. The molecule has 0 aliphatic carbocycles. The molecule has 0 saturated carbocycles. The van der Waals surface area contributed by atoms with E-state index in [2.05, 4.69) is 20.2 Å². The Labute approximate surface area is 163 Å². The number of amides is 1. The van der Waals surface area contributed by atoms with Crippen molar-refractivity contribution in [2.75, 3.05) is 31.1 Å². The van der Waals surface area contributed by atoms with Gasteiger partial charge in [0, 0.05) is 37.9 Å². The van der Waals surface area contributed by atoms with Crippen LogP contribution in [0, 0.1) is 5.92 Å². The van der Waals surface area contributed by atoms with Crippen molar-refractivity contribution in [3.05, 3.63) is 48.4 Å². The smallest absolute Gasteiger partial charge is 0.341 e. The number of anilines is 1. The minimum absolute atomic E-state index is 0.0275. The number of nitrogens with one attached hydrogen (secondary N) is 1. The fourth-order valence-electron chi connectivity index (χ4n) is 3.20. The second-order valence-electron chi connectivity index (χ2n) is 6.69. The van der Waals surface area contributed by atoms with Crippen LogP contribution >= 0.6 is 0 Å². The Bertz CT molecular complexity index is 775. The van der Waals surface area contributed by atoms with Crippen LogP contribution in [0.4, 0.5) is 5.82 Å². The molecule has 0 radical (unpaired) electrons. The van der Waals surface area contributed by atoms with Crippen molar-refractivity contribution in [1.82, 2.24) is 15.3 Å². The Morgan fingerprint density at radius 3 is 2.57 bits per heavy atom. The number of rotatable bonds is 8. The standard InChI is InChI=1S/C20H24N4O4/c25-19(26)14-28-17-3-1-15(2-4-17)5-8-23-20(27)16-6-11-24(12-7-16)18-13-21-9-10-22-18/h1-4,9-10,13,16H,5-8,11-12,14H2,(H,23,27)(H,25,26). The number of carbonyl (C=O) groups is 2. The van der Waals surface area contributed by atoms with E-state index in [1.54, 1.807) is 30.7 Å². The molecule has 1 aliphatic heterocycles. The molecule has 1 fully saturated rings. The van der Waals surface area contributed by atoms with E-state index in [1.165, 1.54) is 0 Å². The van der Waals surface area contributed by atoms with E-state index in [0.29, 0.717) is 18.7 Å². The Morgan fingerprint density at radius 1 is 1.18 bits per heavy atom. The quantitative estimate of drug-likeness (QED) is 0.711. The largest absolute Gasteiger partial charge is 0.482 e. The summed E-state index contributed by atoms with van der Waals surface area (Å²) in [5.41, 5.74) is 1.06. The summed E-state index contributed by atoms with van der Waals surface area (Å²) in [6.07, 6.45) is 7.40. The fraction of sp³-hybridized carbons (Fsp3) is 0.400. The molecule has 0 bridgehead atoms. The van der Waals surface area contributed by atoms with E-state index in [1.807, 2.05) is 12.1 Å². The highest BCUT2D eigenvalue weighted by Crippen LogP contribution is 2.21. The minimum Gasteiger partial charge on any atom is -0.482 e. The Balaban J connectivity index is 1.37. The van der Waals surface area contributed by atoms with Gasteiger partial charge in [0.1, 0.15) is 11.6 Å². The first kappa shape index (κ1) is 19.6. The number of aliphatic carboxylic acids is 1. The zero-order valence-corrected chi connectivity index (χ0v) is 15.6. The van der Waals surface area contributed by atoms with Gasteiger partial charge >= 0.3 is 5.97 Å². The van der Waals surface area contributed by atoms with Gasteiger partial charge < -0.3 is 20.1 Å². The van der Waals surface area contributed by atoms with Crippen LogP contribution in [0.25, 0.3) is 0 Å². The van der Waals surface area contributed by atoms with Gasteiger partial charge in [-0.25, -0.2) is 9.78 Å². The highest BCUT2D eigenvalue weighted by Gasteiger charge is 2.25. The van der Waals surface area contributed by atoms with Crippen LogP contribution in [0.3, 0.4) is 0 Å². The van der Waals surface area contributed by atoms with Gasteiger partial charge in [-0.15, -0.1) is 0 Å². The number of hydrogen-bond donors (Lipinski definition) is 2. The molecule has 0 spiro atoms. The lowest BCUT2D eigenvalue weighted by atomic mass is 9.96. The molecule has 1 aliphatic rings. The summed E-state index contributed by atoms with van der Waals surface area (Å²) < 4.78 is 5.10. The summed E-state index contributed by atoms with van der Waals surface area (Å²) in [4.78, 5) is 33.4. The molecular weight excluding hydrogens is 360 g/mol. The Hall–Kier alpha value is -3.16.